The molecule has 0 radical (unpaired) electrons. The van der Waals surface area contributed by atoms with Crippen LogP contribution in [0.4, 0.5) is 0 Å². The van der Waals surface area contributed by atoms with Gasteiger partial charge < -0.3 is 4.74 Å². The van der Waals surface area contributed by atoms with E-state index < -0.39 is 5.60 Å². The van der Waals surface area contributed by atoms with Crippen LogP contribution >= 0.6 is 0 Å². The van der Waals surface area contributed by atoms with Crippen LogP contribution in [-0.2, 0) is 10.3 Å². The van der Waals surface area contributed by atoms with E-state index >= 15 is 0 Å². The fraction of sp³-hybridized carbons (Fsp3) is 0.133. The van der Waals surface area contributed by atoms with Crippen LogP contribution in [0.1, 0.15) is 28.4 Å². The number of rotatable bonds is 1. The number of benzene rings is 2. The lowest BCUT2D eigenvalue weighted by Crippen LogP contribution is -2.23. The molecule has 2 aromatic carbocycles. The third-order valence-electron chi connectivity index (χ3n) is 3.28. The highest BCUT2D eigenvalue weighted by Gasteiger charge is 2.42. The first-order valence-electron chi connectivity index (χ1n) is 5.60. The van der Waals surface area contributed by atoms with Crippen molar-refractivity contribution in [3.63, 3.8) is 0 Å². The van der Waals surface area contributed by atoms with Crippen LogP contribution in [0.25, 0.3) is 0 Å². The summed E-state index contributed by atoms with van der Waals surface area (Å²) in [6.07, 6.45) is 0. The average molecular weight is 224 g/mol. The van der Waals surface area contributed by atoms with Gasteiger partial charge >= 0.3 is 5.97 Å². The van der Waals surface area contributed by atoms with Gasteiger partial charge in [0.1, 0.15) is 0 Å². The Hall–Kier alpha value is -2.09. The summed E-state index contributed by atoms with van der Waals surface area (Å²) in [7, 11) is 0. The van der Waals surface area contributed by atoms with E-state index in [1.165, 1.54) is 0 Å². The minimum absolute atomic E-state index is 0.244. The molecule has 0 bridgehead atoms. The molecule has 0 amide bonds. The molecule has 0 N–H and O–H groups in total. The summed E-state index contributed by atoms with van der Waals surface area (Å²) in [6, 6.07) is 17.4. The van der Waals surface area contributed by atoms with E-state index in [-0.39, 0.29) is 5.97 Å². The third-order valence-corrected chi connectivity index (χ3v) is 3.28. The molecular formula is C15H12O2. The number of hydrogen-bond acceptors (Lipinski definition) is 2. The van der Waals surface area contributed by atoms with Gasteiger partial charge in [0.15, 0.2) is 5.60 Å². The van der Waals surface area contributed by atoms with Gasteiger partial charge in [-0.15, -0.1) is 0 Å². The number of cyclic esters (lactones) is 1. The van der Waals surface area contributed by atoms with Crippen molar-refractivity contribution in [1.82, 2.24) is 0 Å². The van der Waals surface area contributed by atoms with Gasteiger partial charge in [0, 0.05) is 5.56 Å². The predicted molar refractivity (Wildman–Crippen MR) is 64.8 cm³/mol. The summed E-state index contributed by atoms with van der Waals surface area (Å²) in [5.74, 6) is -0.244. The van der Waals surface area contributed by atoms with Crippen molar-refractivity contribution in [3.8, 4) is 0 Å². The third kappa shape index (κ3) is 1.37. The maximum atomic E-state index is 11.8. The number of carbonyl (C=O) groups is 1. The summed E-state index contributed by atoms with van der Waals surface area (Å²) < 4.78 is 5.57. The Labute approximate surface area is 99.9 Å². The summed E-state index contributed by atoms with van der Waals surface area (Å²) in [4.78, 5) is 11.8. The van der Waals surface area contributed by atoms with Crippen molar-refractivity contribution < 1.29 is 9.53 Å². The molecule has 0 spiro atoms. The maximum absolute atomic E-state index is 11.8. The molecule has 17 heavy (non-hydrogen) atoms. The number of carbonyl (C=O) groups excluding carboxylic acids is 1. The molecule has 0 aliphatic carbocycles. The van der Waals surface area contributed by atoms with Crippen molar-refractivity contribution in [2.24, 2.45) is 0 Å². The number of fused-ring (bicyclic) bond motifs is 1. The van der Waals surface area contributed by atoms with Gasteiger partial charge in [-0.1, -0.05) is 48.5 Å². The molecule has 1 aliphatic heterocycles. The summed E-state index contributed by atoms with van der Waals surface area (Å²) in [5.41, 5.74) is 1.95. The van der Waals surface area contributed by atoms with Crippen LogP contribution in [0.5, 0.6) is 0 Å². The van der Waals surface area contributed by atoms with Crippen LogP contribution in [0.3, 0.4) is 0 Å². The first-order valence-corrected chi connectivity index (χ1v) is 5.60. The predicted octanol–water partition coefficient (Wildman–Crippen LogP) is 3.12. The average Bonchev–Trinajstić information content (AvgIpc) is 2.65. The first-order chi connectivity index (χ1) is 8.22. The highest BCUT2D eigenvalue weighted by Crippen LogP contribution is 2.41. The van der Waals surface area contributed by atoms with Gasteiger partial charge in [-0.2, -0.15) is 0 Å². The van der Waals surface area contributed by atoms with E-state index in [1.54, 1.807) is 0 Å². The second-order valence-electron chi connectivity index (χ2n) is 4.33. The zero-order valence-electron chi connectivity index (χ0n) is 9.51. The lowest BCUT2D eigenvalue weighted by molar-refractivity contribution is 0.0180. The van der Waals surface area contributed by atoms with Crippen LogP contribution in [0.2, 0.25) is 0 Å². The normalized spacial score (nSPS) is 22.1. The molecule has 0 saturated heterocycles. The number of hydrogen-bond donors (Lipinski definition) is 0. The highest BCUT2D eigenvalue weighted by atomic mass is 16.6. The molecule has 0 fully saturated rings. The van der Waals surface area contributed by atoms with Gasteiger partial charge in [0.05, 0.1) is 5.56 Å². The topological polar surface area (TPSA) is 26.3 Å². The van der Waals surface area contributed by atoms with Gasteiger partial charge in [-0.05, 0) is 18.6 Å². The van der Waals surface area contributed by atoms with E-state index in [1.807, 2.05) is 61.5 Å². The molecule has 84 valence electrons. The second-order valence-corrected chi connectivity index (χ2v) is 4.33. The van der Waals surface area contributed by atoms with Gasteiger partial charge in [0.25, 0.3) is 0 Å². The van der Waals surface area contributed by atoms with Gasteiger partial charge in [0.2, 0.25) is 0 Å². The summed E-state index contributed by atoms with van der Waals surface area (Å²) in [6.45, 7) is 1.94. The number of esters is 1. The fourth-order valence-electron chi connectivity index (χ4n) is 2.34. The van der Waals surface area contributed by atoms with Gasteiger partial charge in [-0.3, -0.25) is 0 Å². The van der Waals surface area contributed by atoms with Gasteiger partial charge in [-0.25, -0.2) is 4.79 Å². The van der Waals surface area contributed by atoms with Crippen LogP contribution in [-0.4, -0.2) is 5.97 Å². The molecule has 1 atom stereocenters. The van der Waals surface area contributed by atoms with Crippen molar-refractivity contribution in [2.75, 3.05) is 0 Å². The minimum atomic E-state index is -0.658. The molecule has 0 aromatic heterocycles. The molecule has 2 heteroatoms. The Balaban J connectivity index is 2.21. The molecule has 3 rings (SSSR count). The Morgan fingerprint density at radius 1 is 0.941 bits per heavy atom. The standard InChI is InChI=1S/C15H12O2/c1-15(11-7-3-2-4-8-11)13-10-6-5-9-12(13)14(16)17-15/h2-10H,1H3/t15-/m1/s1. The van der Waals surface area contributed by atoms with Crippen molar-refractivity contribution in [3.05, 3.63) is 71.3 Å². The smallest absolute Gasteiger partial charge is 0.339 e. The van der Waals surface area contributed by atoms with E-state index in [0.717, 1.165) is 11.1 Å². The second kappa shape index (κ2) is 3.45. The van der Waals surface area contributed by atoms with Crippen LogP contribution < -0.4 is 0 Å². The van der Waals surface area contributed by atoms with E-state index in [2.05, 4.69) is 0 Å². The summed E-state index contributed by atoms with van der Waals surface area (Å²) in [5, 5.41) is 0. The van der Waals surface area contributed by atoms with Crippen molar-refractivity contribution in [1.29, 1.82) is 0 Å². The molecule has 0 unspecified atom stereocenters. The maximum Gasteiger partial charge on any atom is 0.339 e. The molecular weight excluding hydrogens is 212 g/mol. The number of ether oxygens (including phenoxy) is 1. The Bertz CT molecular complexity index is 574. The van der Waals surface area contributed by atoms with Crippen LogP contribution in [0.15, 0.2) is 54.6 Å². The largest absolute Gasteiger partial charge is 0.446 e. The lowest BCUT2D eigenvalue weighted by atomic mass is 9.87. The van der Waals surface area contributed by atoms with Crippen molar-refractivity contribution >= 4 is 5.97 Å². The highest BCUT2D eigenvalue weighted by molar-refractivity contribution is 5.95. The molecule has 1 aliphatic rings. The zero-order chi connectivity index (χ0) is 11.9. The van der Waals surface area contributed by atoms with E-state index in [9.17, 15) is 4.79 Å². The van der Waals surface area contributed by atoms with E-state index in [0.29, 0.717) is 5.56 Å². The van der Waals surface area contributed by atoms with Crippen LogP contribution in [0, 0.1) is 0 Å². The SMILES string of the molecule is C[C@]1(c2ccccc2)OC(=O)c2ccccc21. The monoisotopic (exact) mass is 224 g/mol. The zero-order valence-corrected chi connectivity index (χ0v) is 9.51. The lowest BCUT2D eigenvalue weighted by Gasteiger charge is -2.24. The molecule has 0 saturated carbocycles. The Morgan fingerprint density at radius 2 is 1.59 bits per heavy atom. The molecule has 2 nitrogen and oxygen atoms in total. The van der Waals surface area contributed by atoms with E-state index in [4.69, 9.17) is 4.74 Å². The first kappa shape index (κ1) is 10.1. The quantitative estimate of drug-likeness (QED) is 0.696. The Morgan fingerprint density at radius 3 is 2.35 bits per heavy atom. The minimum Gasteiger partial charge on any atom is -0.446 e. The molecule has 1 heterocycles. The Kier molecular flexibility index (Phi) is 2.05. The van der Waals surface area contributed by atoms with Crippen molar-refractivity contribution in [2.45, 2.75) is 12.5 Å². The fourth-order valence-corrected chi connectivity index (χ4v) is 2.34. The molecule has 2 aromatic rings. The summed E-state index contributed by atoms with van der Waals surface area (Å²) >= 11 is 0.